The molecule has 2 bridgehead atoms. The molecule has 2 aromatic rings. The normalized spacial score (nSPS) is 31.5. The molecule has 298 valence electrons. The molecule has 1 aromatic heterocycles. The minimum atomic E-state index is -3.84. The summed E-state index contributed by atoms with van der Waals surface area (Å²) in [7, 11) is -2.26. The first kappa shape index (κ1) is 39.1. The van der Waals surface area contributed by atoms with E-state index >= 15 is 0 Å². The van der Waals surface area contributed by atoms with E-state index in [0.29, 0.717) is 54.0 Å². The molecule has 14 nitrogen and oxygen atoms in total. The van der Waals surface area contributed by atoms with E-state index in [0.717, 1.165) is 32.1 Å². The smallest absolute Gasteiger partial charge is 0.408 e. The van der Waals surface area contributed by atoms with Crippen molar-refractivity contribution >= 4 is 44.6 Å². The van der Waals surface area contributed by atoms with Gasteiger partial charge in [-0.1, -0.05) is 39.7 Å². The van der Waals surface area contributed by atoms with E-state index in [1.165, 1.54) is 0 Å². The first-order valence-electron chi connectivity index (χ1n) is 19.6. The number of hydrogen-bond acceptors (Lipinski definition) is 12. The Bertz CT molecular complexity index is 1980. The number of nitrogens with zero attached hydrogens (tertiary/aromatic N) is 3. The fraction of sp³-hybridized carbons (Fsp3) is 0.650. The Balaban J connectivity index is 1.19. The van der Waals surface area contributed by atoms with Crippen LogP contribution in [0.5, 0.6) is 11.6 Å². The van der Waals surface area contributed by atoms with Gasteiger partial charge in [0.1, 0.15) is 23.7 Å². The first-order chi connectivity index (χ1) is 26.1. The van der Waals surface area contributed by atoms with Gasteiger partial charge < -0.3 is 19.5 Å². The van der Waals surface area contributed by atoms with E-state index in [2.05, 4.69) is 16.6 Å². The molecule has 3 aliphatic carbocycles. The number of methoxy groups -OCH3 is 1. The molecule has 3 heterocycles. The molecule has 8 atom stereocenters. The lowest BCUT2D eigenvalue weighted by molar-refractivity contribution is -0.133. The van der Waals surface area contributed by atoms with Crippen LogP contribution in [0.25, 0.3) is 11.0 Å². The van der Waals surface area contributed by atoms with Crippen LogP contribution in [-0.4, -0.2) is 96.6 Å². The lowest BCUT2D eigenvalue weighted by Gasteiger charge is -2.32. The van der Waals surface area contributed by atoms with Crippen molar-refractivity contribution in [3.8, 4) is 11.6 Å². The largest absolute Gasteiger partial charge is 0.497 e. The highest BCUT2D eigenvalue weighted by Crippen LogP contribution is 2.57. The van der Waals surface area contributed by atoms with E-state index in [1.54, 1.807) is 24.2 Å². The van der Waals surface area contributed by atoms with Gasteiger partial charge in [-0.05, 0) is 74.3 Å². The van der Waals surface area contributed by atoms with Crippen LogP contribution in [-0.2, 0) is 35.6 Å². The summed E-state index contributed by atoms with van der Waals surface area (Å²) >= 11 is 0. The number of allylic oxidation sites excluding steroid dienone is 1. The minimum Gasteiger partial charge on any atom is -0.497 e. The number of carbonyl (C=O) groups is 4. The maximum atomic E-state index is 14.4. The van der Waals surface area contributed by atoms with Gasteiger partial charge in [0.15, 0.2) is 11.6 Å². The molecule has 0 radical (unpaired) electrons. The van der Waals surface area contributed by atoms with Crippen molar-refractivity contribution in [3.63, 3.8) is 0 Å². The van der Waals surface area contributed by atoms with E-state index in [1.807, 2.05) is 32.9 Å². The number of ketones is 2. The summed E-state index contributed by atoms with van der Waals surface area (Å²) in [4.78, 5) is 66.9. The van der Waals surface area contributed by atoms with Crippen LogP contribution in [0.1, 0.15) is 90.7 Å². The third kappa shape index (κ3) is 8.67. The Morgan fingerprint density at radius 2 is 1.87 bits per heavy atom. The summed E-state index contributed by atoms with van der Waals surface area (Å²) in [6.45, 7) is 9.42. The zero-order chi connectivity index (χ0) is 39.3. The molecule has 1 saturated heterocycles. The van der Waals surface area contributed by atoms with Gasteiger partial charge in [0.2, 0.25) is 21.8 Å². The summed E-state index contributed by atoms with van der Waals surface area (Å²) < 4.78 is 45.6. The highest BCUT2D eigenvalue weighted by Gasteiger charge is 2.61. The molecular weight excluding hydrogens is 727 g/mol. The van der Waals surface area contributed by atoms with Crippen molar-refractivity contribution in [1.82, 2.24) is 24.9 Å². The van der Waals surface area contributed by atoms with Gasteiger partial charge in [-0.3, -0.25) is 24.0 Å². The van der Waals surface area contributed by atoms with Gasteiger partial charge >= 0.3 is 6.09 Å². The summed E-state index contributed by atoms with van der Waals surface area (Å²) in [6, 6.07) is 3.73. The number of carbonyl (C=O) groups excluding carboxylic acids is 4. The third-order valence-corrected chi connectivity index (χ3v) is 13.7. The molecule has 55 heavy (non-hydrogen) atoms. The number of aromatic nitrogens is 2. The molecule has 7 rings (SSSR count). The van der Waals surface area contributed by atoms with E-state index in [4.69, 9.17) is 24.2 Å². The minimum absolute atomic E-state index is 0.182. The van der Waals surface area contributed by atoms with Crippen LogP contribution in [0.3, 0.4) is 0 Å². The molecular formula is C40H53N5O9S. The average Bonchev–Trinajstić information content (AvgIpc) is 4.05. The molecule has 0 spiro atoms. The van der Waals surface area contributed by atoms with Crippen molar-refractivity contribution in [2.45, 2.75) is 121 Å². The fourth-order valence-corrected chi connectivity index (χ4v) is 9.65. The maximum absolute atomic E-state index is 14.4. The second kappa shape index (κ2) is 15.1. The number of alkyl carbamates (subject to hydrolysis) is 1. The van der Waals surface area contributed by atoms with Gasteiger partial charge in [0.05, 0.1) is 47.4 Å². The van der Waals surface area contributed by atoms with Crippen molar-refractivity contribution in [1.29, 1.82) is 0 Å². The number of sulfonamides is 1. The quantitative estimate of drug-likeness (QED) is 0.360. The van der Waals surface area contributed by atoms with Crippen molar-refractivity contribution in [3.05, 3.63) is 36.5 Å². The number of benzene rings is 1. The first-order valence-corrected chi connectivity index (χ1v) is 21.1. The van der Waals surface area contributed by atoms with Gasteiger partial charge in [0, 0.05) is 25.5 Å². The molecule has 2 N–H and O–H groups in total. The third-order valence-electron chi connectivity index (χ3n) is 11.9. The summed E-state index contributed by atoms with van der Waals surface area (Å²) in [6.07, 6.45) is 6.52. The summed E-state index contributed by atoms with van der Waals surface area (Å²) in [5.74, 6) is -0.417. The number of rotatable bonds is 8. The second-order valence-electron chi connectivity index (χ2n) is 17.2. The zero-order valence-corrected chi connectivity index (χ0v) is 33.0. The van der Waals surface area contributed by atoms with Crippen LogP contribution >= 0.6 is 0 Å². The molecule has 1 aromatic carbocycles. The number of hydrogen-bond donors (Lipinski definition) is 2. The summed E-state index contributed by atoms with van der Waals surface area (Å²) in [5.41, 5.74) is 0.0592. The molecule has 2 amide bonds. The van der Waals surface area contributed by atoms with Crippen LogP contribution < -0.4 is 19.5 Å². The molecule has 3 saturated carbocycles. The lowest BCUT2D eigenvalue weighted by Crippen LogP contribution is -2.53. The number of aryl methyl sites for hydroxylation is 1. The number of fused-ring (bicyclic) bond motifs is 5. The predicted molar refractivity (Wildman–Crippen MR) is 203 cm³/mol. The Morgan fingerprint density at radius 1 is 1.09 bits per heavy atom. The number of amides is 2. The number of nitrogens with one attached hydrogen (secondary N) is 2. The average molecular weight is 780 g/mol. The van der Waals surface area contributed by atoms with Crippen molar-refractivity contribution in [2.75, 3.05) is 20.2 Å². The number of ether oxygens (including phenoxy) is 3. The van der Waals surface area contributed by atoms with Crippen LogP contribution in [0.2, 0.25) is 0 Å². The van der Waals surface area contributed by atoms with Crippen LogP contribution in [0.4, 0.5) is 4.79 Å². The van der Waals surface area contributed by atoms with Gasteiger partial charge in [0.25, 0.3) is 0 Å². The van der Waals surface area contributed by atoms with Crippen LogP contribution in [0, 0.1) is 22.7 Å². The van der Waals surface area contributed by atoms with E-state index in [9.17, 15) is 27.6 Å². The molecule has 4 fully saturated rings. The SMILES string of the molecule is C=C[C@@H]1C[C@]1(CC(=O)[C@@H]1C[C@@H]2CN1CC(=O)[C@H](C(C)(C)C)NC(=O)O[C@@H]1C[C@H]1CCCCCc1nc3ccc(OC)cc3nc1O2)C(=O)NS(=O)(=O)C1CC1. The van der Waals surface area contributed by atoms with Gasteiger partial charge in [-0.25, -0.2) is 23.2 Å². The Kier molecular flexibility index (Phi) is 10.7. The number of Topliss-reactive ketones (excluding diaryl/α,β-unsaturated/α-hetero) is 2. The van der Waals surface area contributed by atoms with Crippen molar-refractivity contribution < 1.29 is 41.8 Å². The fourth-order valence-electron chi connectivity index (χ4n) is 8.27. The summed E-state index contributed by atoms with van der Waals surface area (Å²) in [5, 5.41) is 2.23. The van der Waals surface area contributed by atoms with E-state index < -0.39 is 56.3 Å². The van der Waals surface area contributed by atoms with E-state index in [-0.39, 0.29) is 55.4 Å². The standard InChI is InChI=1S/C40H53N5O9S/c1-6-24-19-40(24,37(48)44-55(50,51)27-13-14-27)20-32(46)31-18-26-21-45(31)22-33(47)35(39(2,3)4)43-38(49)54-34-16-23(34)10-8-7-9-11-29-36(53-26)42-30-17-25(52-5)12-15-28(30)41-29/h6,12,15,17,23-24,26-27,31,34-35H,1,7-11,13-14,16,18-22H2,2-5H3,(H,43,49)(H,44,48)/t23-,24-,26-,31+,34-,35-,40-/m1/s1. The Morgan fingerprint density at radius 3 is 2.56 bits per heavy atom. The highest BCUT2D eigenvalue weighted by atomic mass is 32.2. The monoisotopic (exact) mass is 779 g/mol. The van der Waals surface area contributed by atoms with Crippen LogP contribution in [0.15, 0.2) is 30.9 Å². The van der Waals surface area contributed by atoms with Gasteiger partial charge in [-0.15, -0.1) is 6.58 Å². The molecule has 5 aliphatic rings. The Hall–Kier alpha value is -4.11. The highest BCUT2D eigenvalue weighted by molar-refractivity contribution is 7.90. The van der Waals surface area contributed by atoms with Crippen molar-refractivity contribution in [2.24, 2.45) is 22.7 Å². The lowest BCUT2D eigenvalue weighted by atomic mass is 9.84. The molecule has 1 unspecified atom stereocenters. The molecule has 2 aliphatic heterocycles. The molecule has 15 heteroatoms. The van der Waals surface area contributed by atoms with Gasteiger partial charge in [-0.2, -0.15) is 0 Å². The zero-order valence-electron chi connectivity index (χ0n) is 32.2. The predicted octanol–water partition coefficient (Wildman–Crippen LogP) is 4.44. The Labute approximate surface area is 322 Å². The second-order valence-corrected chi connectivity index (χ2v) is 19.2. The maximum Gasteiger partial charge on any atom is 0.408 e. The topological polar surface area (TPSA) is 183 Å².